The van der Waals surface area contributed by atoms with E-state index in [1.165, 1.54) is 0 Å². The second-order valence-corrected chi connectivity index (χ2v) is 9.15. The van der Waals surface area contributed by atoms with Crippen LogP contribution in [0, 0.1) is 0 Å². The van der Waals surface area contributed by atoms with Gasteiger partial charge in [0.2, 0.25) is 0 Å². The molecule has 6 aromatic rings. The van der Waals surface area contributed by atoms with E-state index in [0.29, 0.717) is 17.5 Å². The molecule has 39 heavy (non-hydrogen) atoms. The topological polar surface area (TPSA) is 38.7 Å². The molecule has 0 bridgehead atoms. The molecule has 0 aliphatic rings. The Bertz CT molecular complexity index is 1620. The highest BCUT2D eigenvalue weighted by Gasteiger charge is 2.13. The third-order valence-corrected chi connectivity index (χ3v) is 6.41. The maximum absolute atomic E-state index is 6.24. The van der Waals surface area contributed by atoms with E-state index < -0.39 is 0 Å². The van der Waals surface area contributed by atoms with E-state index >= 15 is 0 Å². The average molecular weight is 526 g/mol. The average Bonchev–Trinajstić information content (AvgIpc) is 3.03. The Morgan fingerprint density at radius 1 is 0.359 bits per heavy atom. The highest BCUT2D eigenvalue weighted by molar-refractivity contribution is 6.30. The van der Waals surface area contributed by atoms with Gasteiger partial charge in [-0.05, 0) is 46.5 Å². The largest absolute Gasteiger partial charge is 0.208 e. The zero-order chi connectivity index (χ0) is 27.0. The van der Waals surface area contributed by atoms with E-state index in [0.717, 1.165) is 44.0 Å². The Kier molecular flexibility index (Phi) is 8.20. The van der Waals surface area contributed by atoms with Crippen LogP contribution in [-0.4, -0.2) is 15.0 Å². The van der Waals surface area contributed by atoms with Crippen LogP contribution < -0.4 is 0 Å². The number of nitrogens with zero attached hydrogens (tertiary/aromatic N) is 3. The van der Waals surface area contributed by atoms with Gasteiger partial charge in [-0.3, -0.25) is 0 Å². The number of hydrogen-bond donors (Lipinski definition) is 0. The zero-order valence-corrected chi connectivity index (χ0v) is 22.7. The first-order valence-electron chi connectivity index (χ1n) is 13.1. The normalized spacial score (nSPS) is 10.4. The smallest absolute Gasteiger partial charge is 0.164 e. The van der Waals surface area contributed by atoms with Crippen LogP contribution in [0.1, 0.15) is 13.8 Å². The molecule has 190 valence electrons. The van der Waals surface area contributed by atoms with Crippen molar-refractivity contribution in [1.29, 1.82) is 0 Å². The van der Waals surface area contributed by atoms with Crippen LogP contribution >= 0.6 is 11.6 Å². The molecule has 0 saturated heterocycles. The predicted octanol–water partition coefficient (Wildman–Crippen LogP) is 9.89. The van der Waals surface area contributed by atoms with Crippen molar-refractivity contribution in [3.8, 4) is 56.4 Å². The van der Waals surface area contributed by atoms with E-state index in [2.05, 4.69) is 42.5 Å². The van der Waals surface area contributed by atoms with Crippen molar-refractivity contribution in [2.24, 2.45) is 0 Å². The number of rotatable bonds is 5. The lowest BCUT2D eigenvalue weighted by atomic mass is 9.98. The van der Waals surface area contributed by atoms with E-state index in [1.54, 1.807) is 0 Å². The Morgan fingerprint density at radius 2 is 0.692 bits per heavy atom. The minimum atomic E-state index is 0.639. The van der Waals surface area contributed by atoms with Gasteiger partial charge in [0.15, 0.2) is 17.5 Å². The van der Waals surface area contributed by atoms with E-state index in [-0.39, 0.29) is 0 Å². The first-order chi connectivity index (χ1) is 19.2. The summed E-state index contributed by atoms with van der Waals surface area (Å²) in [5.41, 5.74) is 7.24. The fourth-order valence-electron chi connectivity index (χ4n) is 4.32. The molecule has 0 atom stereocenters. The van der Waals surface area contributed by atoms with Gasteiger partial charge in [0.25, 0.3) is 0 Å². The quantitative estimate of drug-likeness (QED) is 0.225. The van der Waals surface area contributed by atoms with Gasteiger partial charge in [0.05, 0.1) is 0 Å². The first kappa shape index (κ1) is 26.0. The number of aromatic nitrogens is 3. The van der Waals surface area contributed by atoms with Crippen molar-refractivity contribution in [3.05, 3.63) is 138 Å². The molecule has 1 heterocycles. The van der Waals surface area contributed by atoms with E-state index in [1.807, 2.05) is 105 Å². The van der Waals surface area contributed by atoms with Crippen LogP contribution in [0.5, 0.6) is 0 Å². The molecule has 5 aromatic carbocycles. The van der Waals surface area contributed by atoms with Gasteiger partial charge in [-0.15, -0.1) is 0 Å². The summed E-state index contributed by atoms with van der Waals surface area (Å²) in [6.45, 7) is 4.00. The zero-order valence-electron chi connectivity index (χ0n) is 21.9. The summed E-state index contributed by atoms with van der Waals surface area (Å²) in [5.74, 6) is 1.94. The fourth-order valence-corrected chi connectivity index (χ4v) is 4.51. The van der Waals surface area contributed by atoms with Crippen molar-refractivity contribution >= 4 is 11.6 Å². The van der Waals surface area contributed by atoms with Gasteiger partial charge >= 0.3 is 0 Å². The highest BCUT2D eigenvalue weighted by atomic mass is 35.5. The molecule has 1 aromatic heterocycles. The summed E-state index contributed by atoms with van der Waals surface area (Å²) >= 11 is 6.24. The summed E-state index contributed by atoms with van der Waals surface area (Å²) in [5, 5.41) is 0.725. The van der Waals surface area contributed by atoms with Gasteiger partial charge in [-0.2, -0.15) is 0 Å². The van der Waals surface area contributed by atoms with Crippen LogP contribution in [0.2, 0.25) is 5.02 Å². The lowest BCUT2D eigenvalue weighted by Gasteiger charge is -2.10. The lowest BCUT2D eigenvalue weighted by molar-refractivity contribution is 1.07. The van der Waals surface area contributed by atoms with Gasteiger partial charge in [-0.25, -0.2) is 15.0 Å². The Labute approximate surface area is 234 Å². The monoisotopic (exact) mass is 525 g/mol. The van der Waals surface area contributed by atoms with Crippen molar-refractivity contribution in [3.63, 3.8) is 0 Å². The van der Waals surface area contributed by atoms with Crippen molar-refractivity contribution in [2.45, 2.75) is 13.8 Å². The minimum Gasteiger partial charge on any atom is -0.208 e. The minimum absolute atomic E-state index is 0.639. The highest BCUT2D eigenvalue weighted by Crippen LogP contribution is 2.31. The molecular weight excluding hydrogens is 498 g/mol. The summed E-state index contributed by atoms with van der Waals surface area (Å²) in [6, 6.07) is 44.8. The SMILES string of the molecule is CC.Clc1cccc(-c2cccc(-c3cccc(-c4nc(-c5ccccc5)nc(-c5ccccc5)n4)c3)c2)c1. The molecule has 0 aliphatic heterocycles. The standard InChI is InChI=1S/C33H22ClN3.C2H6/c34-30-19-9-17-28(22-30)26-15-7-14-25(20-26)27-16-8-18-29(21-27)33-36-31(23-10-3-1-4-11-23)35-32(37-33)24-12-5-2-6-13-24;1-2/h1-22H;1-2H3. The molecule has 4 heteroatoms. The number of halogens is 1. The molecule has 0 aliphatic carbocycles. The maximum Gasteiger partial charge on any atom is 0.164 e. The molecule has 0 radical (unpaired) electrons. The van der Waals surface area contributed by atoms with Crippen molar-refractivity contribution in [2.75, 3.05) is 0 Å². The summed E-state index contributed by atoms with van der Waals surface area (Å²) in [4.78, 5) is 14.5. The second kappa shape index (κ2) is 12.3. The van der Waals surface area contributed by atoms with Gasteiger partial charge in [0.1, 0.15) is 0 Å². The summed E-state index contributed by atoms with van der Waals surface area (Å²) < 4.78 is 0. The summed E-state index contributed by atoms with van der Waals surface area (Å²) in [7, 11) is 0. The summed E-state index contributed by atoms with van der Waals surface area (Å²) in [6.07, 6.45) is 0. The predicted molar refractivity (Wildman–Crippen MR) is 163 cm³/mol. The fraction of sp³-hybridized carbons (Fsp3) is 0.0571. The number of hydrogen-bond acceptors (Lipinski definition) is 3. The Balaban J connectivity index is 0.00000151. The Morgan fingerprint density at radius 3 is 1.15 bits per heavy atom. The van der Waals surface area contributed by atoms with Gasteiger partial charge in [-0.1, -0.05) is 135 Å². The first-order valence-corrected chi connectivity index (χ1v) is 13.4. The number of benzene rings is 5. The molecular formula is C35H28ClN3. The molecule has 0 saturated carbocycles. The van der Waals surface area contributed by atoms with Gasteiger partial charge in [0, 0.05) is 21.7 Å². The third kappa shape index (κ3) is 6.11. The van der Waals surface area contributed by atoms with Crippen LogP contribution in [0.15, 0.2) is 133 Å². The van der Waals surface area contributed by atoms with Crippen LogP contribution in [0.25, 0.3) is 56.4 Å². The van der Waals surface area contributed by atoms with Crippen LogP contribution in [-0.2, 0) is 0 Å². The van der Waals surface area contributed by atoms with Crippen LogP contribution in [0.4, 0.5) is 0 Å². The molecule has 3 nitrogen and oxygen atoms in total. The lowest BCUT2D eigenvalue weighted by Crippen LogP contribution is -2.00. The van der Waals surface area contributed by atoms with E-state index in [4.69, 9.17) is 26.6 Å². The van der Waals surface area contributed by atoms with Crippen molar-refractivity contribution in [1.82, 2.24) is 15.0 Å². The third-order valence-electron chi connectivity index (χ3n) is 6.17. The van der Waals surface area contributed by atoms with Gasteiger partial charge < -0.3 is 0 Å². The maximum atomic E-state index is 6.24. The van der Waals surface area contributed by atoms with E-state index in [9.17, 15) is 0 Å². The molecule has 6 rings (SSSR count). The van der Waals surface area contributed by atoms with Crippen LogP contribution in [0.3, 0.4) is 0 Å². The molecule has 0 fully saturated rings. The van der Waals surface area contributed by atoms with Crippen molar-refractivity contribution < 1.29 is 0 Å². The molecule has 0 amide bonds. The second-order valence-electron chi connectivity index (χ2n) is 8.71. The molecule has 0 unspecified atom stereocenters. The molecule has 0 N–H and O–H groups in total. The Hall–Kier alpha value is -4.60. The molecule has 0 spiro atoms.